The molecule has 18 heavy (non-hydrogen) atoms. The van der Waals surface area contributed by atoms with Crippen LogP contribution in [0, 0.1) is 17.1 Å². The van der Waals surface area contributed by atoms with E-state index in [2.05, 4.69) is 15.5 Å². The fourth-order valence-corrected chi connectivity index (χ4v) is 1.49. The number of hydrogen-bond acceptors (Lipinski definition) is 3. The number of aromatic amines is 1. The number of hydrogen-bond donors (Lipinski definition) is 2. The monoisotopic (exact) mass is 264 g/mol. The lowest BCUT2D eigenvalue weighted by Crippen LogP contribution is -2.14. The minimum Gasteiger partial charge on any atom is -0.306 e. The molecule has 0 unspecified atom stereocenters. The number of rotatable bonds is 2. The minimum absolute atomic E-state index is 0.113. The van der Waals surface area contributed by atoms with Gasteiger partial charge in [0.05, 0.1) is 11.8 Å². The van der Waals surface area contributed by atoms with Crippen LogP contribution in [0.4, 0.5) is 10.2 Å². The zero-order valence-electron chi connectivity index (χ0n) is 8.87. The van der Waals surface area contributed by atoms with Crippen LogP contribution in [0.1, 0.15) is 15.9 Å². The Morgan fingerprint density at radius 2 is 2.33 bits per heavy atom. The molecule has 2 N–H and O–H groups in total. The molecule has 2 aromatic rings. The van der Waals surface area contributed by atoms with E-state index in [4.69, 9.17) is 16.9 Å². The number of nitrogens with zero attached hydrogens (tertiary/aromatic N) is 2. The third kappa shape index (κ3) is 2.31. The first-order chi connectivity index (χ1) is 8.61. The molecule has 0 saturated heterocycles. The Balaban J connectivity index is 2.28. The van der Waals surface area contributed by atoms with Gasteiger partial charge in [-0.2, -0.15) is 10.4 Å². The smallest absolute Gasteiger partial charge is 0.259 e. The lowest BCUT2D eigenvalue weighted by molar-refractivity contribution is 0.102. The third-order valence-corrected chi connectivity index (χ3v) is 2.41. The standard InChI is InChI=1S/C11H6ClFN4O/c12-7-1-2-9(13)8(3-7)11(18)16-10-6(4-14)5-15-17-10/h1-3,5H,(H2,15,16,17,18). The second-order valence-electron chi connectivity index (χ2n) is 3.35. The van der Waals surface area contributed by atoms with E-state index < -0.39 is 11.7 Å². The van der Waals surface area contributed by atoms with Crippen molar-refractivity contribution in [2.45, 2.75) is 0 Å². The van der Waals surface area contributed by atoms with Crippen molar-refractivity contribution in [3.8, 4) is 6.07 Å². The molecule has 1 aromatic carbocycles. The second kappa shape index (κ2) is 4.85. The van der Waals surface area contributed by atoms with E-state index in [0.717, 1.165) is 6.07 Å². The number of nitriles is 1. The van der Waals surface area contributed by atoms with E-state index in [0.29, 0.717) is 0 Å². The van der Waals surface area contributed by atoms with Gasteiger partial charge in [-0.25, -0.2) is 4.39 Å². The maximum atomic E-state index is 13.4. The van der Waals surface area contributed by atoms with Crippen LogP contribution in [0.15, 0.2) is 24.4 Å². The SMILES string of the molecule is N#Cc1cn[nH]c1NC(=O)c1cc(Cl)ccc1F. The van der Waals surface area contributed by atoms with Crippen molar-refractivity contribution in [2.75, 3.05) is 5.32 Å². The highest BCUT2D eigenvalue weighted by molar-refractivity contribution is 6.31. The van der Waals surface area contributed by atoms with Gasteiger partial charge in [0.15, 0.2) is 0 Å². The van der Waals surface area contributed by atoms with Gasteiger partial charge in [-0.15, -0.1) is 0 Å². The average Bonchev–Trinajstić information content (AvgIpc) is 2.79. The molecule has 0 radical (unpaired) electrons. The number of carbonyl (C=O) groups is 1. The van der Waals surface area contributed by atoms with Crippen LogP contribution in [-0.2, 0) is 0 Å². The van der Waals surface area contributed by atoms with Crippen LogP contribution >= 0.6 is 11.6 Å². The van der Waals surface area contributed by atoms with Crippen molar-refractivity contribution in [3.05, 3.63) is 46.4 Å². The van der Waals surface area contributed by atoms with Gasteiger partial charge in [0.1, 0.15) is 23.3 Å². The lowest BCUT2D eigenvalue weighted by atomic mass is 10.2. The van der Waals surface area contributed by atoms with Gasteiger partial charge in [0, 0.05) is 5.02 Å². The first kappa shape index (κ1) is 12.1. The van der Waals surface area contributed by atoms with Gasteiger partial charge in [-0.3, -0.25) is 9.89 Å². The highest BCUT2D eigenvalue weighted by atomic mass is 35.5. The first-order valence-electron chi connectivity index (χ1n) is 4.81. The minimum atomic E-state index is -0.712. The molecule has 0 aliphatic carbocycles. The number of amides is 1. The topological polar surface area (TPSA) is 81.6 Å². The quantitative estimate of drug-likeness (QED) is 0.873. The fourth-order valence-electron chi connectivity index (χ4n) is 1.32. The molecule has 0 spiro atoms. The highest BCUT2D eigenvalue weighted by Crippen LogP contribution is 2.17. The van der Waals surface area contributed by atoms with E-state index in [-0.39, 0.29) is 22.0 Å². The maximum Gasteiger partial charge on any atom is 0.259 e. The van der Waals surface area contributed by atoms with Crippen LogP contribution in [0.5, 0.6) is 0 Å². The number of aromatic nitrogens is 2. The summed E-state index contributed by atoms with van der Waals surface area (Å²) < 4.78 is 13.4. The predicted molar refractivity (Wildman–Crippen MR) is 62.7 cm³/mol. The number of benzene rings is 1. The molecule has 1 aromatic heterocycles. The molecular formula is C11H6ClFN4O. The largest absolute Gasteiger partial charge is 0.306 e. The van der Waals surface area contributed by atoms with Crippen molar-refractivity contribution in [2.24, 2.45) is 0 Å². The number of nitrogens with one attached hydrogen (secondary N) is 2. The Hall–Kier alpha value is -2.39. The molecule has 0 fully saturated rings. The second-order valence-corrected chi connectivity index (χ2v) is 3.79. The van der Waals surface area contributed by atoms with Gasteiger partial charge in [0.2, 0.25) is 0 Å². The van der Waals surface area contributed by atoms with E-state index in [9.17, 15) is 9.18 Å². The van der Waals surface area contributed by atoms with Crippen LogP contribution in [0.2, 0.25) is 5.02 Å². The number of carbonyl (C=O) groups excluding carboxylic acids is 1. The van der Waals surface area contributed by atoms with Crippen LogP contribution in [0.25, 0.3) is 0 Å². The molecule has 2 rings (SSSR count). The Kier molecular flexibility index (Phi) is 3.26. The molecule has 7 heteroatoms. The molecule has 0 bridgehead atoms. The van der Waals surface area contributed by atoms with Crippen LogP contribution < -0.4 is 5.32 Å². The van der Waals surface area contributed by atoms with Crippen molar-refractivity contribution >= 4 is 23.3 Å². The summed E-state index contributed by atoms with van der Waals surface area (Å²) in [7, 11) is 0. The number of H-pyrrole nitrogens is 1. The lowest BCUT2D eigenvalue weighted by Gasteiger charge is -2.04. The van der Waals surface area contributed by atoms with Gasteiger partial charge in [-0.1, -0.05) is 11.6 Å². The van der Waals surface area contributed by atoms with Gasteiger partial charge >= 0.3 is 0 Å². The molecule has 1 heterocycles. The zero-order chi connectivity index (χ0) is 13.1. The summed E-state index contributed by atoms with van der Waals surface area (Å²) in [5.41, 5.74) is -0.0493. The Bertz CT molecular complexity index is 647. The molecule has 0 saturated carbocycles. The zero-order valence-corrected chi connectivity index (χ0v) is 9.62. The number of anilines is 1. The molecule has 90 valence electrons. The van der Waals surface area contributed by atoms with E-state index in [1.54, 1.807) is 0 Å². The summed E-state index contributed by atoms with van der Waals surface area (Å²) in [5.74, 6) is -1.30. The Morgan fingerprint density at radius 3 is 3.06 bits per heavy atom. The van der Waals surface area contributed by atoms with Gasteiger partial charge < -0.3 is 5.32 Å². The summed E-state index contributed by atoms with van der Waals surface area (Å²) in [6, 6.07) is 5.46. The average molecular weight is 265 g/mol. The fraction of sp³-hybridized carbons (Fsp3) is 0. The molecule has 1 amide bonds. The predicted octanol–water partition coefficient (Wildman–Crippen LogP) is 2.33. The maximum absolute atomic E-state index is 13.4. The van der Waals surface area contributed by atoms with Crippen LogP contribution in [-0.4, -0.2) is 16.1 Å². The summed E-state index contributed by atoms with van der Waals surface area (Å²) >= 11 is 5.68. The normalized spacial score (nSPS) is 9.83. The van der Waals surface area contributed by atoms with E-state index in [1.807, 2.05) is 6.07 Å². The summed E-state index contributed by atoms with van der Waals surface area (Å²) in [6.07, 6.45) is 1.25. The van der Waals surface area contributed by atoms with Gasteiger partial charge in [-0.05, 0) is 18.2 Å². The summed E-state index contributed by atoms with van der Waals surface area (Å²) in [6.45, 7) is 0. The third-order valence-electron chi connectivity index (χ3n) is 2.17. The number of halogens is 2. The van der Waals surface area contributed by atoms with Crippen LogP contribution in [0.3, 0.4) is 0 Å². The van der Waals surface area contributed by atoms with E-state index >= 15 is 0 Å². The van der Waals surface area contributed by atoms with Crippen molar-refractivity contribution in [1.82, 2.24) is 10.2 Å². The first-order valence-corrected chi connectivity index (χ1v) is 5.19. The summed E-state index contributed by atoms with van der Waals surface area (Å²) in [5, 5.41) is 17.4. The molecule has 0 atom stereocenters. The van der Waals surface area contributed by atoms with E-state index in [1.165, 1.54) is 18.3 Å². The van der Waals surface area contributed by atoms with Crippen molar-refractivity contribution in [1.29, 1.82) is 5.26 Å². The van der Waals surface area contributed by atoms with Crippen molar-refractivity contribution < 1.29 is 9.18 Å². The van der Waals surface area contributed by atoms with Gasteiger partial charge in [0.25, 0.3) is 5.91 Å². The molecule has 0 aliphatic rings. The molecular weight excluding hydrogens is 259 g/mol. The van der Waals surface area contributed by atoms with Crippen molar-refractivity contribution in [3.63, 3.8) is 0 Å². The summed E-state index contributed by atoms with van der Waals surface area (Å²) in [4.78, 5) is 11.8. The Labute approximate surface area is 106 Å². The molecule has 5 nitrogen and oxygen atoms in total. The highest BCUT2D eigenvalue weighted by Gasteiger charge is 2.15. The Morgan fingerprint density at radius 1 is 1.56 bits per heavy atom. The molecule has 0 aliphatic heterocycles.